The van der Waals surface area contributed by atoms with Gasteiger partial charge in [0.2, 0.25) is 0 Å². The maximum atomic E-state index is 12.3. The van der Waals surface area contributed by atoms with Gasteiger partial charge in [-0.15, -0.1) is 0 Å². The second-order valence-electron chi connectivity index (χ2n) is 10.4. The molecule has 0 bridgehead atoms. The molecule has 0 radical (unpaired) electrons. The third kappa shape index (κ3) is 9.71. The third-order valence-corrected chi connectivity index (χ3v) is 7.35. The molecule has 8 heteroatoms. The van der Waals surface area contributed by atoms with E-state index in [1.165, 1.54) is 11.1 Å². The average Bonchev–Trinajstić information content (AvgIpc) is 2.95. The van der Waals surface area contributed by atoms with E-state index in [1.807, 2.05) is 48.5 Å². The van der Waals surface area contributed by atoms with Gasteiger partial charge in [-0.1, -0.05) is 60.7 Å². The lowest BCUT2D eigenvalue weighted by atomic mass is 9.82. The lowest BCUT2D eigenvalue weighted by Gasteiger charge is -2.21. The van der Waals surface area contributed by atoms with E-state index in [2.05, 4.69) is 22.8 Å². The fourth-order valence-corrected chi connectivity index (χ4v) is 5.11. The minimum absolute atomic E-state index is 0.151. The van der Waals surface area contributed by atoms with E-state index in [-0.39, 0.29) is 12.8 Å². The van der Waals surface area contributed by atoms with Crippen LogP contribution < -0.4 is 22.1 Å². The lowest BCUT2D eigenvalue weighted by Crippen LogP contribution is -2.33. The summed E-state index contributed by atoms with van der Waals surface area (Å²) in [5, 5.41) is 29.0. The molecule has 3 aromatic rings. The standard InChI is InChI=1S/C32H44N4O4/c33-12-4-14-35-16-10-26-21-25-9-8-24(18-28(25)22-27(26)11-17-36-15-5-13-34)20-30(32(39)40)29(31(37)38)19-23-6-2-1-3-7-23/h1-3,6-9,18,21-22,29-30,35-36H,4-5,10-17,19-20,33-34H2,(H,37,38)(H,39,40)/t29-,30-/m0/s1. The summed E-state index contributed by atoms with van der Waals surface area (Å²) in [5.74, 6) is -4.25. The fraction of sp³-hybridized carbons (Fsp3) is 0.438. The van der Waals surface area contributed by atoms with Crippen LogP contribution in [0.5, 0.6) is 0 Å². The summed E-state index contributed by atoms with van der Waals surface area (Å²) in [4.78, 5) is 24.4. The Hall–Kier alpha value is -3.30. The van der Waals surface area contributed by atoms with Gasteiger partial charge in [-0.2, -0.15) is 0 Å². The number of nitrogens with two attached hydrogens (primary N) is 2. The number of hydrogen-bond acceptors (Lipinski definition) is 6. The summed E-state index contributed by atoms with van der Waals surface area (Å²) >= 11 is 0. The topological polar surface area (TPSA) is 151 Å². The van der Waals surface area contributed by atoms with Gasteiger partial charge in [-0.3, -0.25) is 9.59 Å². The Morgan fingerprint density at radius 1 is 0.650 bits per heavy atom. The van der Waals surface area contributed by atoms with Crippen LogP contribution in [0.25, 0.3) is 10.8 Å². The number of carbonyl (C=O) groups is 2. The van der Waals surface area contributed by atoms with Crippen LogP contribution in [0.1, 0.15) is 35.1 Å². The second kappa shape index (κ2) is 16.7. The van der Waals surface area contributed by atoms with Gasteiger partial charge in [0.25, 0.3) is 0 Å². The molecule has 0 unspecified atom stereocenters. The molecule has 0 fully saturated rings. The molecule has 0 heterocycles. The normalized spacial score (nSPS) is 12.8. The number of fused-ring (bicyclic) bond motifs is 1. The van der Waals surface area contributed by atoms with Crippen molar-refractivity contribution >= 4 is 22.7 Å². The van der Waals surface area contributed by atoms with Crippen LogP contribution in [0.15, 0.2) is 60.7 Å². The third-order valence-electron chi connectivity index (χ3n) is 7.35. The highest BCUT2D eigenvalue weighted by molar-refractivity contribution is 5.85. The minimum Gasteiger partial charge on any atom is -0.481 e. The number of carboxylic acids is 2. The average molecular weight is 549 g/mol. The molecule has 0 aliphatic rings. The molecular formula is C32H44N4O4. The van der Waals surface area contributed by atoms with Crippen molar-refractivity contribution in [1.82, 2.24) is 10.6 Å². The highest BCUT2D eigenvalue weighted by atomic mass is 16.4. The fourth-order valence-electron chi connectivity index (χ4n) is 5.11. The number of rotatable bonds is 19. The molecule has 8 nitrogen and oxygen atoms in total. The van der Waals surface area contributed by atoms with Crippen LogP contribution in [0.3, 0.4) is 0 Å². The maximum Gasteiger partial charge on any atom is 0.307 e. The van der Waals surface area contributed by atoms with Crippen LogP contribution in [0.4, 0.5) is 0 Å². The van der Waals surface area contributed by atoms with Gasteiger partial charge in [0.1, 0.15) is 0 Å². The summed E-state index contributed by atoms with van der Waals surface area (Å²) in [6, 6.07) is 19.6. The number of carboxylic acid groups (broad SMARTS) is 2. The van der Waals surface area contributed by atoms with Gasteiger partial charge in [-0.05, 0) is 111 Å². The van der Waals surface area contributed by atoms with E-state index in [1.54, 1.807) is 0 Å². The van der Waals surface area contributed by atoms with E-state index in [4.69, 9.17) is 11.5 Å². The molecule has 8 N–H and O–H groups in total. The number of benzene rings is 3. The Bertz CT molecular complexity index is 1220. The Kier molecular flexibility index (Phi) is 13.1. The summed E-state index contributed by atoms with van der Waals surface area (Å²) in [7, 11) is 0. The number of nitrogens with one attached hydrogen (secondary N) is 2. The molecule has 0 aromatic heterocycles. The zero-order valence-electron chi connectivity index (χ0n) is 23.3. The maximum absolute atomic E-state index is 12.3. The van der Waals surface area contributed by atoms with Crippen LogP contribution >= 0.6 is 0 Å². The van der Waals surface area contributed by atoms with Gasteiger partial charge >= 0.3 is 11.9 Å². The summed E-state index contributed by atoms with van der Waals surface area (Å²) < 4.78 is 0. The van der Waals surface area contributed by atoms with Crippen molar-refractivity contribution in [2.24, 2.45) is 23.3 Å². The van der Waals surface area contributed by atoms with Crippen molar-refractivity contribution in [1.29, 1.82) is 0 Å². The van der Waals surface area contributed by atoms with Crippen molar-refractivity contribution < 1.29 is 19.8 Å². The SMILES string of the molecule is NCCCNCCc1cc2ccc(C[C@H](C(=O)O)[C@H](Cc3ccccc3)C(=O)O)cc2cc1CCNCCCN. The van der Waals surface area contributed by atoms with Gasteiger partial charge in [0, 0.05) is 0 Å². The van der Waals surface area contributed by atoms with Crippen molar-refractivity contribution in [2.45, 2.75) is 38.5 Å². The molecule has 0 aliphatic carbocycles. The number of aliphatic carboxylic acids is 2. The van der Waals surface area contributed by atoms with E-state index in [9.17, 15) is 19.8 Å². The van der Waals surface area contributed by atoms with Gasteiger partial charge in [0.15, 0.2) is 0 Å². The highest BCUT2D eigenvalue weighted by Gasteiger charge is 2.34. The minimum atomic E-state index is -1.09. The van der Waals surface area contributed by atoms with Gasteiger partial charge in [0.05, 0.1) is 11.8 Å². The van der Waals surface area contributed by atoms with Crippen molar-refractivity contribution in [3.63, 3.8) is 0 Å². The smallest absolute Gasteiger partial charge is 0.307 e. The molecule has 3 rings (SSSR count). The molecule has 2 atom stereocenters. The summed E-state index contributed by atoms with van der Waals surface area (Å²) in [6.45, 7) is 4.84. The Morgan fingerprint density at radius 2 is 1.18 bits per heavy atom. The van der Waals surface area contributed by atoms with E-state index in [0.29, 0.717) is 13.1 Å². The Morgan fingerprint density at radius 3 is 1.70 bits per heavy atom. The Balaban J connectivity index is 1.83. The molecule has 0 amide bonds. The summed E-state index contributed by atoms with van der Waals surface area (Å²) in [6.07, 6.45) is 3.98. The molecule has 0 aliphatic heterocycles. The van der Waals surface area contributed by atoms with Crippen LogP contribution in [-0.2, 0) is 35.3 Å². The van der Waals surface area contributed by atoms with E-state index >= 15 is 0 Å². The summed E-state index contributed by atoms with van der Waals surface area (Å²) in [5.41, 5.74) is 15.4. The van der Waals surface area contributed by atoms with Gasteiger partial charge in [-0.25, -0.2) is 0 Å². The molecule has 216 valence electrons. The van der Waals surface area contributed by atoms with Crippen molar-refractivity contribution in [2.75, 3.05) is 39.3 Å². The molecule has 40 heavy (non-hydrogen) atoms. The monoisotopic (exact) mass is 548 g/mol. The van der Waals surface area contributed by atoms with Crippen molar-refractivity contribution in [3.8, 4) is 0 Å². The predicted octanol–water partition coefficient (Wildman–Crippen LogP) is 2.99. The first-order valence-corrected chi connectivity index (χ1v) is 14.3. The molecular weight excluding hydrogens is 504 g/mol. The van der Waals surface area contributed by atoms with Crippen LogP contribution in [0.2, 0.25) is 0 Å². The first-order chi connectivity index (χ1) is 19.4. The Labute approximate surface area is 237 Å². The van der Waals surface area contributed by atoms with Crippen molar-refractivity contribution in [3.05, 3.63) is 82.9 Å². The molecule has 0 spiro atoms. The van der Waals surface area contributed by atoms with E-state index in [0.717, 1.165) is 73.8 Å². The first-order valence-electron chi connectivity index (χ1n) is 14.3. The zero-order chi connectivity index (χ0) is 28.7. The quantitative estimate of drug-likeness (QED) is 0.125. The van der Waals surface area contributed by atoms with E-state index < -0.39 is 23.8 Å². The van der Waals surface area contributed by atoms with Crippen LogP contribution in [-0.4, -0.2) is 61.4 Å². The first kappa shape index (κ1) is 31.2. The molecule has 0 saturated heterocycles. The molecule has 3 aromatic carbocycles. The highest BCUT2D eigenvalue weighted by Crippen LogP contribution is 2.27. The second-order valence-corrected chi connectivity index (χ2v) is 10.4. The lowest BCUT2D eigenvalue weighted by molar-refractivity contribution is -0.153. The van der Waals surface area contributed by atoms with Gasteiger partial charge < -0.3 is 32.3 Å². The number of hydrogen-bond donors (Lipinski definition) is 6. The largest absolute Gasteiger partial charge is 0.481 e. The molecule has 0 saturated carbocycles. The predicted molar refractivity (Wildman–Crippen MR) is 161 cm³/mol. The van der Waals surface area contributed by atoms with Crippen LogP contribution in [0, 0.1) is 11.8 Å². The zero-order valence-corrected chi connectivity index (χ0v) is 23.3.